The normalized spacial score (nSPS) is 20.6. The van der Waals surface area contributed by atoms with Gasteiger partial charge in [-0.2, -0.15) is 0 Å². The third kappa shape index (κ3) is 2.39. The molecule has 0 bridgehead atoms. The van der Waals surface area contributed by atoms with Gasteiger partial charge in [-0.3, -0.25) is 4.79 Å². The van der Waals surface area contributed by atoms with E-state index in [4.69, 9.17) is 0 Å². The number of hydrogen-bond donors (Lipinski definition) is 1. The summed E-state index contributed by atoms with van der Waals surface area (Å²) in [6.07, 6.45) is 11.3. The van der Waals surface area contributed by atoms with Crippen molar-refractivity contribution in [1.82, 2.24) is 0 Å². The molecule has 1 atom stereocenters. The molecule has 0 fully saturated rings. The summed E-state index contributed by atoms with van der Waals surface area (Å²) >= 11 is 0. The minimum Gasteiger partial charge on any atom is -0.326 e. The number of anilines is 1. The summed E-state index contributed by atoms with van der Waals surface area (Å²) in [7, 11) is 0. The van der Waals surface area contributed by atoms with Gasteiger partial charge < -0.3 is 5.32 Å². The Morgan fingerprint density at radius 3 is 2.74 bits per heavy atom. The summed E-state index contributed by atoms with van der Waals surface area (Å²) in [5.41, 5.74) is 5.03. The molecule has 2 aliphatic rings. The Labute approximate surface area is 113 Å². The highest BCUT2D eigenvalue weighted by atomic mass is 16.1. The highest BCUT2D eigenvalue weighted by Gasteiger charge is 2.21. The lowest BCUT2D eigenvalue weighted by Gasteiger charge is -2.16. The molecule has 0 saturated heterocycles. The fourth-order valence-electron chi connectivity index (χ4n) is 2.77. The molecule has 1 N–H and O–H groups in total. The molecule has 1 amide bonds. The molecule has 0 heterocycles. The zero-order valence-electron chi connectivity index (χ0n) is 11.0. The second kappa shape index (κ2) is 4.88. The van der Waals surface area contributed by atoms with Crippen LogP contribution in [-0.2, 0) is 4.79 Å². The number of nitrogens with one attached hydrogen (secondary N) is 1. The van der Waals surface area contributed by atoms with Crippen molar-refractivity contribution in [3.8, 4) is 0 Å². The molecule has 0 aromatic heterocycles. The van der Waals surface area contributed by atoms with Crippen molar-refractivity contribution in [3.63, 3.8) is 0 Å². The van der Waals surface area contributed by atoms with E-state index in [1.54, 1.807) is 0 Å². The van der Waals surface area contributed by atoms with Crippen molar-refractivity contribution in [2.24, 2.45) is 0 Å². The van der Waals surface area contributed by atoms with E-state index in [2.05, 4.69) is 41.8 Å². The Morgan fingerprint density at radius 2 is 2.00 bits per heavy atom. The van der Waals surface area contributed by atoms with Crippen LogP contribution in [0.15, 0.2) is 59.7 Å². The van der Waals surface area contributed by atoms with Gasteiger partial charge in [0, 0.05) is 18.5 Å². The van der Waals surface area contributed by atoms with E-state index in [0.717, 1.165) is 18.5 Å². The smallest absolute Gasteiger partial charge is 0.221 e. The Hall–Kier alpha value is -2.09. The molecule has 0 spiro atoms. The van der Waals surface area contributed by atoms with E-state index >= 15 is 0 Å². The maximum absolute atomic E-state index is 11.0. The largest absolute Gasteiger partial charge is 0.326 e. The van der Waals surface area contributed by atoms with Gasteiger partial charge in [-0.05, 0) is 41.7 Å². The molecule has 3 rings (SSSR count). The minimum absolute atomic E-state index is 0.0336. The third-order valence-electron chi connectivity index (χ3n) is 3.66. The number of carbonyl (C=O) groups excluding carboxylic acids is 1. The molecule has 0 saturated carbocycles. The summed E-state index contributed by atoms with van der Waals surface area (Å²) in [5.74, 6) is 0.339. The minimum atomic E-state index is -0.0336. The first-order valence-corrected chi connectivity index (χ1v) is 6.69. The van der Waals surface area contributed by atoms with Crippen molar-refractivity contribution in [2.45, 2.75) is 25.7 Å². The van der Waals surface area contributed by atoms with Crippen molar-refractivity contribution in [1.29, 1.82) is 0 Å². The lowest BCUT2D eigenvalue weighted by molar-refractivity contribution is -0.114. The van der Waals surface area contributed by atoms with Gasteiger partial charge in [-0.25, -0.2) is 0 Å². The SMILES string of the molecule is CC(=O)Nc1ccc(C2C=CC3=C2C=CCC3)cc1. The number of allylic oxidation sites excluding steroid dienone is 6. The van der Waals surface area contributed by atoms with Gasteiger partial charge in [0.2, 0.25) is 5.91 Å². The van der Waals surface area contributed by atoms with Gasteiger partial charge in [-0.1, -0.05) is 36.4 Å². The fraction of sp³-hybridized carbons (Fsp3) is 0.235. The quantitative estimate of drug-likeness (QED) is 0.847. The van der Waals surface area contributed by atoms with Crippen LogP contribution in [0.5, 0.6) is 0 Å². The van der Waals surface area contributed by atoms with Crippen LogP contribution in [0.2, 0.25) is 0 Å². The summed E-state index contributed by atoms with van der Waals surface area (Å²) < 4.78 is 0. The van der Waals surface area contributed by atoms with Crippen LogP contribution in [0.25, 0.3) is 0 Å². The third-order valence-corrected chi connectivity index (χ3v) is 3.66. The summed E-state index contributed by atoms with van der Waals surface area (Å²) in [6.45, 7) is 1.53. The van der Waals surface area contributed by atoms with Gasteiger partial charge in [0.05, 0.1) is 0 Å². The molecule has 2 nitrogen and oxygen atoms in total. The van der Waals surface area contributed by atoms with Crippen LogP contribution in [0.4, 0.5) is 5.69 Å². The Balaban J connectivity index is 1.84. The highest BCUT2D eigenvalue weighted by Crippen LogP contribution is 2.38. The van der Waals surface area contributed by atoms with Crippen LogP contribution in [0.3, 0.4) is 0 Å². The number of benzene rings is 1. The van der Waals surface area contributed by atoms with Crippen molar-refractivity contribution < 1.29 is 4.79 Å². The van der Waals surface area contributed by atoms with Crippen LogP contribution < -0.4 is 5.32 Å². The first-order valence-electron chi connectivity index (χ1n) is 6.69. The highest BCUT2D eigenvalue weighted by molar-refractivity contribution is 5.88. The lowest BCUT2D eigenvalue weighted by Crippen LogP contribution is -2.06. The van der Waals surface area contributed by atoms with E-state index in [0.29, 0.717) is 5.92 Å². The van der Waals surface area contributed by atoms with Crippen molar-refractivity contribution in [2.75, 3.05) is 5.32 Å². The molecule has 96 valence electrons. The molecular formula is C17H17NO. The van der Waals surface area contributed by atoms with Gasteiger partial charge in [-0.15, -0.1) is 0 Å². The second-order valence-corrected chi connectivity index (χ2v) is 5.06. The molecule has 0 radical (unpaired) electrons. The Bertz CT molecular complexity index is 590. The van der Waals surface area contributed by atoms with Crippen LogP contribution >= 0.6 is 0 Å². The van der Waals surface area contributed by atoms with Crippen LogP contribution in [0, 0.1) is 0 Å². The molecule has 1 aromatic rings. The van der Waals surface area contributed by atoms with Gasteiger partial charge in [0.15, 0.2) is 0 Å². The van der Waals surface area contributed by atoms with E-state index in [9.17, 15) is 4.79 Å². The van der Waals surface area contributed by atoms with E-state index in [1.807, 2.05) is 12.1 Å². The molecule has 1 unspecified atom stereocenters. The average molecular weight is 251 g/mol. The molecule has 1 aromatic carbocycles. The predicted octanol–water partition coefficient (Wildman–Crippen LogP) is 3.95. The topological polar surface area (TPSA) is 29.1 Å². The number of rotatable bonds is 2. The van der Waals surface area contributed by atoms with Gasteiger partial charge in [0.25, 0.3) is 0 Å². The van der Waals surface area contributed by atoms with Crippen molar-refractivity contribution in [3.05, 3.63) is 65.3 Å². The second-order valence-electron chi connectivity index (χ2n) is 5.06. The number of hydrogen-bond acceptors (Lipinski definition) is 1. The zero-order valence-corrected chi connectivity index (χ0v) is 11.0. The number of carbonyl (C=O) groups is 1. The molecule has 2 aliphatic carbocycles. The standard InChI is InChI=1S/C17H17NO/c1-12(19)18-15-9-6-14(7-10-15)17-11-8-13-4-2-3-5-16(13)17/h3,5-11,17H,2,4H2,1H3,(H,18,19). The average Bonchev–Trinajstić information content (AvgIpc) is 2.83. The first kappa shape index (κ1) is 12.0. The Morgan fingerprint density at radius 1 is 1.21 bits per heavy atom. The Kier molecular flexibility index (Phi) is 3.08. The van der Waals surface area contributed by atoms with E-state index in [1.165, 1.54) is 23.6 Å². The predicted molar refractivity (Wildman–Crippen MR) is 78.0 cm³/mol. The lowest BCUT2D eigenvalue weighted by atomic mass is 9.89. The fourth-order valence-corrected chi connectivity index (χ4v) is 2.77. The molecule has 0 aliphatic heterocycles. The monoisotopic (exact) mass is 251 g/mol. The molecule has 19 heavy (non-hydrogen) atoms. The maximum Gasteiger partial charge on any atom is 0.221 e. The van der Waals surface area contributed by atoms with Crippen LogP contribution in [-0.4, -0.2) is 5.91 Å². The van der Waals surface area contributed by atoms with Gasteiger partial charge >= 0.3 is 0 Å². The maximum atomic E-state index is 11.0. The van der Waals surface area contributed by atoms with Gasteiger partial charge in [0.1, 0.15) is 0 Å². The van der Waals surface area contributed by atoms with Crippen molar-refractivity contribution >= 4 is 11.6 Å². The van der Waals surface area contributed by atoms with Crippen LogP contribution in [0.1, 0.15) is 31.2 Å². The zero-order chi connectivity index (χ0) is 13.2. The summed E-state index contributed by atoms with van der Waals surface area (Å²) in [6, 6.07) is 8.13. The van der Waals surface area contributed by atoms with E-state index in [-0.39, 0.29) is 5.91 Å². The number of amides is 1. The molecular weight excluding hydrogens is 234 g/mol. The molecule has 2 heteroatoms. The first-order chi connectivity index (χ1) is 9.24. The summed E-state index contributed by atoms with van der Waals surface area (Å²) in [4.78, 5) is 11.0. The van der Waals surface area contributed by atoms with E-state index < -0.39 is 0 Å². The summed E-state index contributed by atoms with van der Waals surface area (Å²) in [5, 5.41) is 2.80.